The molecule has 0 unspecified atom stereocenters. The Labute approximate surface area is 189 Å². The summed E-state index contributed by atoms with van der Waals surface area (Å²) in [7, 11) is 0. The van der Waals surface area contributed by atoms with Crippen molar-refractivity contribution >= 4 is 46.0 Å². The van der Waals surface area contributed by atoms with Gasteiger partial charge in [0.25, 0.3) is 11.8 Å². The molecule has 2 atom stereocenters. The van der Waals surface area contributed by atoms with Crippen molar-refractivity contribution in [1.29, 1.82) is 0 Å². The first kappa shape index (κ1) is 21.6. The van der Waals surface area contributed by atoms with E-state index >= 15 is 0 Å². The summed E-state index contributed by atoms with van der Waals surface area (Å²) in [5.74, 6) is 0.150. The van der Waals surface area contributed by atoms with E-state index in [0.29, 0.717) is 35.1 Å². The maximum absolute atomic E-state index is 12.9. The molecular weight excluding hydrogens is 437 g/mol. The van der Waals surface area contributed by atoms with Gasteiger partial charge in [-0.3, -0.25) is 9.59 Å². The monoisotopic (exact) mass is 459 g/mol. The Bertz CT molecular complexity index is 1150. The van der Waals surface area contributed by atoms with E-state index in [1.54, 1.807) is 29.2 Å². The molecule has 4 rings (SSSR count). The highest BCUT2D eigenvalue weighted by molar-refractivity contribution is 6.34. The van der Waals surface area contributed by atoms with Crippen LogP contribution in [0.15, 0.2) is 36.4 Å². The fourth-order valence-corrected chi connectivity index (χ4v) is 4.31. The lowest BCUT2D eigenvalue weighted by Gasteiger charge is -2.24. The summed E-state index contributed by atoms with van der Waals surface area (Å²) < 4.78 is 0. The first-order chi connectivity index (χ1) is 14.9. The number of halogens is 2. The van der Waals surface area contributed by atoms with Crippen molar-refractivity contribution in [2.45, 2.75) is 31.8 Å². The Morgan fingerprint density at radius 3 is 2.84 bits per heavy atom. The molecule has 2 aromatic carbocycles. The third kappa shape index (κ3) is 4.39. The van der Waals surface area contributed by atoms with Gasteiger partial charge in [0.05, 0.1) is 27.7 Å². The molecule has 1 aromatic heterocycles. The number of fused-ring (bicyclic) bond motifs is 1. The van der Waals surface area contributed by atoms with Gasteiger partial charge in [0.1, 0.15) is 5.82 Å². The fourth-order valence-electron chi connectivity index (χ4n) is 3.88. The van der Waals surface area contributed by atoms with Gasteiger partial charge >= 0.3 is 0 Å². The summed E-state index contributed by atoms with van der Waals surface area (Å²) in [6.45, 7) is 2.92. The molecule has 2 heterocycles. The van der Waals surface area contributed by atoms with Crippen LogP contribution in [-0.4, -0.2) is 45.8 Å². The van der Waals surface area contributed by atoms with Crippen molar-refractivity contribution < 1.29 is 9.59 Å². The number of amides is 2. The van der Waals surface area contributed by atoms with Crippen molar-refractivity contribution in [2.24, 2.45) is 5.73 Å². The largest absolute Gasteiger partial charge is 0.342 e. The quantitative estimate of drug-likeness (QED) is 0.537. The molecule has 0 aliphatic carbocycles. The van der Waals surface area contributed by atoms with Gasteiger partial charge in [-0.1, -0.05) is 23.2 Å². The molecule has 162 valence electrons. The van der Waals surface area contributed by atoms with Crippen molar-refractivity contribution in [3.8, 4) is 0 Å². The van der Waals surface area contributed by atoms with Crippen LogP contribution in [0.4, 0.5) is 0 Å². The second-order valence-corrected chi connectivity index (χ2v) is 8.55. The van der Waals surface area contributed by atoms with Gasteiger partial charge in [0.2, 0.25) is 0 Å². The minimum atomic E-state index is -0.367. The molecule has 31 heavy (non-hydrogen) atoms. The zero-order valence-electron chi connectivity index (χ0n) is 17.0. The summed E-state index contributed by atoms with van der Waals surface area (Å²) >= 11 is 12.4. The van der Waals surface area contributed by atoms with Gasteiger partial charge in [0, 0.05) is 29.7 Å². The number of aromatic nitrogens is 2. The maximum Gasteiger partial charge on any atom is 0.255 e. The van der Waals surface area contributed by atoms with E-state index in [-0.39, 0.29) is 28.9 Å². The van der Waals surface area contributed by atoms with Crippen LogP contribution in [0.5, 0.6) is 0 Å². The van der Waals surface area contributed by atoms with Crippen molar-refractivity contribution in [2.75, 3.05) is 13.1 Å². The smallest absolute Gasteiger partial charge is 0.255 e. The van der Waals surface area contributed by atoms with Gasteiger partial charge < -0.3 is 20.9 Å². The number of benzene rings is 2. The topological polar surface area (TPSA) is 104 Å². The number of carbonyl (C=O) groups is 2. The number of imidazole rings is 1. The molecule has 7 nitrogen and oxygen atoms in total. The zero-order valence-corrected chi connectivity index (χ0v) is 18.5. The van der Waals surface area contributed by atoms with E-state index in [2.05, 4.69) is 15.3 Å². The highest BCUT2D eigenvalue weighted by Gasteiger charge is 2.29. The minimum Gasteiger partial charge on any atom is -0.342 e. The molecule has 0 spiro atoms. The fraction of sp³-hybridized carbons (Fsp3) is 0.318. The molecule has 0 radical (unpaired) electrons. The lowest BCUT2D eigenvalue weighted by molar-refractivity contribution is 0.0740. The van der Waals surface area contributed by atoms with Gasteiger partial charge in [-0.05, 0) is 56.2 Å². The van der Waals surface area contributed by atoms with Crippen LogP contribution >= 0.6 is 23.2 Å². The summed E-state index contributed by atoms with van der Waals surface area (Å²) in [6.07, 6.45) is 1.82. The molecule has 4 N–H and O–H groups in total. The summed E-state index contributed by atoms with van der Waals surface area (Å²) in [5.41, 5.74) is 8.08. The number of aromatic amines is 1. The Kier molecular flexibility index (Phi) is 6.18. The molecule has 2 amide bonds. The lowest BCUT2D eigenvalue weighted by Crippen LogP contribution is -2.40. The van der Waals surface area contributed by atoms with Crippen molar-refractivity contribution in [1.82, 2.24) is 20.2 Å². The van der Waals surface area contributed by atoms with E-state index in [1.165, 1.54) is 6.07 Å². The van der Waals surface area contributed by atoms with Crippen LogP contribution in [0, 0.1) is 0 Å². The Balaban J connectivity index is 1.48. The average Bonchev–Trinajstić information content (AvgIpc) is 3.39. The predicted molar refractivity (Wildman–Crippen MR) is 122 cm³/mol. The van der Waals surface area contributed by atoms with E-state index in [1.807, 2.05) is 13.0 Å². The van der Waals surface area contributed by atoms with Crippen LogP contribution in [-0.2, 0) is 0 Å². The summed E-state index contributed by atoms with van der Waals surface area (Å²) in [5, 5.41) is 3.74. The number of nitrogens with one attached hydrogen (secondary N) is 2. The Morgan fingerprint density at radius 1 is 1.29 bits per heavy atom. The standard InChI is InChI=1S/C22H23Cl2N5O2/c1-12(20-27-18-7-5-14(23)10-19(18)28-20)26-21(30)13-4-6-16(17(24)9-13)22(31)29-8-2-3-15(29)11-25/h4-7,9-10,12,15H,2-3,8,11,25H2,1H3,(H,26,30)(H,27,28)/t12-,15+/m0/s1. The van der Waals surface area contributed by atoms with Crippen LogP contribution in [0.3, 0.4) is 0 Å². The number of H-pyrrole nitrogens is 1. The molecule has 0 bridgehead atoms. The SMILES string of the molecule is C[C@H](NC(=O)c1ccc(C(=O)N2CCC[C@@H]2CN)c(Cl)c1)c1nc2cc(Cl)ccc2[nH]1. The molecule has 1 saturated heterocycles. The number of rotatable bonds is 5. The number of likely N-dealkylation sites (tertiary alicyclic amines) is 1. The van der Waals surface area contributed by atoms with Crippen molar-refractivity contribution in [3.63, 3.8) is 0 Å². The highest BCUT2D eigenvalue weighted by Crippen LogP contribution is 2.25. The van der Waals surface area contributed by atoms with Crippen LogP contribution in [0.1, 0.15) is 52.3 Å². The number of carbonyl (C=O) groups excluding carboxylic acids is 2. The third-order valence-corrected chi connectivity index (χ3v) is 6.14. The van der Waals surface area contributed by atoms with Crippen molar-refractivity contribution in [3.05, 3.63) is 63.4 Å². The maximum atomic E-state index is 12.9. The van der Waals surface area contributed by atoms with Gasteiger partial charge in [-0.2, -0.15) is 0 Å². The first-order valence-corrected chi connectivity index (χ1v) is 10.9. The van der Waals surface area contributed by atoms with Gasteiger partial charge in [0.15, 0.2) is 0 Å². The Morgan fingerprint density at radius 2 is 2.10 bits per heavy atom. The van der Waals surface area contributed by atoms with E-state index < -0.39 is 0 Å². The van der Waals surface area contributed by atoms with Crippen LogP contribution in [0.2, 0.25) is 10.0 Å². The molecule has 1 fully saturated rings. The molecule has 1 aliphatic heterocycles. The van der Waals surface area contributed by atoms with Gasteiger partial charge in [-0.25, -0.2) is 4.98 Å². The normalized spacial score (nSPS) is 17.2. The second-order valence-electron chi connectivity index (χ2n) is 7.70. The summed E-state index contributed by atoms with van der Waals surface area (Å²) in [4.78, 5) is 35.0. The second kappa shape index (κ2) is 8.86. The highest BCUT2D eigenvalue weighted by atomic mass is 35.5. The minimum absolute atomic E-state index is 0.0334. The van der Waals surface area contributed by atoms with Gasteiger partial charge in [-0.15, -0.1) is 0 Å². The van der Waals surface area contributed by atoms with Crippen LogP contribution < -0.4 is 11.1 Å². The number of nitrogens with two attached hydrogens (primary N) is 1. The average molecular weight is 460 g/mol. The molecular formula is C22H23Cl2N5O2. The first-order valence-electron chi connectivity index (χ1n) is 10.1. The number of nitrogens with zero attached hydrogens (tertiary/aromatic N) is 2. The van der Waals surface area contributed by atoms with E-state index in [9.17, 15) is 9.59 Å². The summed E-state index contributed by atoms with van der Waals surface area (Å²) in [6, 6.07) is 9.76. The predicted octanol–water partition coefficient (Wildman–Crippen LogP) is 3.92. The number of hydrogen-bond acceptors (Lipinski definition) is 4. The van der Waals surface area contributed by atoms with E-state index in [0.717, 1.165) is 23.9 Å². The van der Waals surface area contributed by atoms with E-state index in [4.69, 9.17) is 28.9 Å². The number of hydrogen-bond donors (Lipinski definition) is 3. The molecule has 1 aliphatic rings. The lowest BCUT2D eigenvalue weighted by atomic mass is 10.1. The zero-order chi connectivity index (χ0) is 22.1. The molecule has 3 aromatic rings. The third-order valence-electron chi connectivity index (χ3n) is 5.59. The van der Waals surface area contributed by atoms with Crippen LogP contribution in [0.25, 0.3) is 11.0 Å². The molecule has 0 saturated carbocycles. The molecule has 9 heteroatoms. The Hall–Kier alpha value is -2.61.